The van der Waals surface area contributed by atoms with E-state index in [9.17, 15) is 0 Å². The minimum atomic E-state index is 0.698. The summed E-state index contributed by atoms with van der Waals surface area (Å²) in [6.07, 6.45) is 2.65. The van der Waals surface area contributed by atoms with Crippen LogP contribution in [0.1, 0.15) is 35.4 Å². The lowest BCUT2D eigenvalue weighted by Gasteiger charge is -2.11. The van der Waals surface area contributed by atoms with Gasteiger partial charge in [-0.2, -0.15) is 5.26 Å². The summed E-state index contributed by atoms with van der Waals surface area (Å²) >= 11 is 0. The fourth-order valence-corrected chi connectivity index (χ4v) is 2.35. The highest BCUT2D eigenvalue weighted by Gasteiger charge is 2.25. The van der Waals surface area contributed by atoms with Crippen LogP contribution in [0.25, 0.3) is 0 Å². The van der Waals surface area contributed by atoms with Crippen LogP contribution in [-0.4, -0.2) is 0 Å². The maximum Gasteiger partial charge on any atom is 0.0991 e. The number of nitriles is 1. The first-order valence-corrected chi connectivity index (χ1v) is 6.68. The molecule has 1 N–H and O–H groups in total. The molecular weight excluding hydrogens is 232 g/mol. The average Bonchev–Trinajstić information content (AvgIpc) is 3.30. The first kappa shape index (κ1) is 11.8. The Morgan fingerprint density at radius 2 is 1.79 bits per heavy atom. The number of hydrogen-bond donors (Lipinski definition) is 1. The Labute approximate surface area is 113 Å². The minimum Gasteiger partial charge on any atom is -0.381 e. The first-order chi connectivity index (χ1) is 9.36. The SMILES string of the molecule is N#Cc1ccc(NCc2ccccc2C2CC2)cc1. The second kappa shape index (κ2) is 5.16. The number of anilines is 1. The van der Waals surface area contributed by atoms with Crippen LogP contribution in [0.3, 0.4) is 0 Å². The van der Waals surface area contributed by atoms with Gasteiger partial charge in [0, 0.05) is 12.2 Å². The summed E-state index contributed by atoms with van der Waals surface area (Å²) in [5.74, 6) is 0.777. The van der Waals surface area contributed by atoms with Gasteiger partial charge < -0.3 is 5.32 Å². The maximum absolute atomic E-state index is 8.77. The van der Waals surface area contributed by atoms with Crippen molar-refractivity contribution in [1.82, 2.24) is 0 Å². The zero-order chi connectivity index (χ0) is 13.1. The van der Waals surface area contributed by atoms with Gasteiger partial charge in [-0.05, 0) is 54.2 Å². The van der Waals surface area contributed by atoms with Gasteiger partial charge in [0.05, 0.1) is 11.6 Å². The van der Waals surface area contributed by atoms with E-state index >= 15 is 0 Å². The molecule has 0 amide bonds. The lowest BCUT2D eigenvalue weighted by molar-refractivity contribution is 1.04. The number of nitrogens with one attached hydrogen (secondary N) is 1. The van der Waals surface area contributed by atoms with Crippen LogP contribution in [0.15, 0.2) is 48.5 Å². The molecule has 0 aromatic heterocycles. The molecule has 2 heteroatoms. The van der Waals surface area contributed by atoms with Crippen molar-refractivity contribution < 1.29 is 0 Å². The molecule has 0 spiro atoms. The van der Waals surface area contributed by atoms with Crippen molar-refractivity contribution in [3.05, 3.63) is 65.2 Å². The van der Waals surface area contributed by atoms with Crippen LogP contribution >= 0.6 is 0 Å². The molecule has 1 aliphatic rings. The van der Waals surface area contributed by atoms with E-state index in [-0.39, 0.29) is 0 Å². The molecule has 19 heavy (non-hydrogen) atoms. The lowest BCUT2D eigenvalue weighted by Crippen LogP contribution is -2.02. The summed E-state index contributed by atoms with van der Waals surface area (Å²) in [7, 11) is 0. The monoisotopic (exact) mass is 248 g/mol. The second-order valence-corrected chi connectivity index (χ2v) is 5.02. The Balaban J connectivity index is 1.70. The number of nitrogens with zero attached hydrogens (tertiary/aromatic N) is 1. The quantitative estimate of drug-likeness (QED) is 0.886. The topological polar surface area (TPSA) is 35.8 Å². The number of rotatable bonds is 4. The predicted molar refractivity (Wildman–Crippen MR) is 76.9 cm³/mol. The summed E-state index contributed by atoms with van der Waals surface area (Å²) in [6.45, 7) is 0.846. The van der Waals surface area contributed by atoms with E-state index in [2.05, 4.69) is 35.7 Å². The molecule has 1 fully saturated rings. The molecule has 0 radical (unpaired) electrons. The van der Waals surface area contributed by atoms with Crippen molar-refractivity contribution in [3.63, 3.8) is 0 Å². The van der Waals surface area contributed by atoms with Gasteiger partial charge in [-0.1, -0.05) is 24.3 Å². The number of benzene rings is 2. The van der Waals surface area contributed by atoms with E-state index in [0.717, 1.165) is 18.2 Å². The average molecular weight is 248 g/mol. The van der Waals surface area contributed by atoms with Crippen LogP contribution in [0, 0.1) is 11.3 Å². The smallest absolute Gasteiger partial charge is 0.0991 e. The summed E-state index contributed by atoms with van der Waals surface area (Å²) in [5.41, 5.74) is 4.63. The highest BCUT2D eigenvalue weighted by Crippen LogP contribution is 2.41. The molecule has 0 aliphatic heterocycles. The van der Waals surface area contributed by atoms with E-state index in [1.54, 1.807) is 0 Å². The van der Waals surface area contributed by atoms with E-state index < -0.39 is 0 Å². The van der Waals surface area contributed by atoms with Crippen molar-refractivity contribution in [1.29, 1.82) is 5.26 Å². The molecule has 94 valence electrons. The van der Waals surface area contributed by atoms with Gasteiger partial charge >= 0.3 is 0 Å². The summed E-state index contributed by atoms with van der Waals surface area (Å²) in [5, 5.41) is 12.2. The molecule has 0 unspecified atom stereocenters. The van der Waals surface area contributed by atoms with Crippen molar-refractivity contribution in [2.45, 2.75) is 25.3 Å². The van der Waals surface area contributed by atoms with E-state index in [0.29, 0.717) is 5.56 Å². The lowest BCUT2D eigenvalue weighted by atomic mass is 10.0. The van der Waals surface area contributed by atoms with Crippen molar-refractivity contribution in [2.75, 3.05) is 5.32 Å². The molecule has 0 saturated heterocycles. The van der Waals surface area contributed by atoms with Gasteiger partial charge in [0.1, 0.15) is 0 Å². The Kier molecular flexibility index (Phi) is 3.20. The molecule has 1 aliphatic carbocycles. The molecular formula is C17H16N2. The molecule has 3 rings (SSSR count). The maximum atomic E-state index is 8.77. The normalized spacial score (nSPS) is 13.8. The summed E-state index contributed by atoms with van der Waals surface area (Å²) in [6, 6.07) is 18.4. The van der Waals surface area contributed by atoms with E-state index in [4.69, 9.17) is 5.26 Å². The third kappa shape index (κ3) is 2.77. The van der Waals surface area contributed by atoms with E-state index in [1.165, 1.54) is 24.0 Å². The van der Waals surface area contributed by atoms with Gasteiger partial charge in [0.25, 0.3) is 0 Å². The zero-order valence-corrected chi connectivity index (χ0v) is 10.8. The van der Waals surface area contributed by atoms with Crippen LogP contribution < -0.4 is 5.32 Å². The fourth-order valence-electron chi connectivity index (χ4n) is 2.35. The third-order valence-corrected chi connectivity index (χ3v) is 3.57. The molecule has 1 saturated carbocycles. The predicted octanol–water partition coefficient (Wildman–Crippen LogP) is 4.05. The standard InChI is InChI=1S/C17H16N2/c18-11-13-5-9-16(10-6-13)19-12-15-3-1-2-4-17(15)14-7-8-14/h1-6,9-10,14,19H,7-8,12H2. The summed E-state index contributed by atoms with van der Waals surface area (Å²) < 4.78 is 0. The zero-order valence-electron chi connectivity index (χ0n) is 10.8. The Hall–Kier alpha value is -2.27. The largest absolute Gasteiger partial charge is 0.381 e. The van der Waals surface area contributed by atoms with Crippen LogP contribution in [-0.2, 0) is 6.54 Å². The highest BCUT2D eigenvalue weighted by molar-refractivity contribution is 5.48. The van der Waals surface area contributed by atoms with E-state index in [1.807, 2.05) is 24.3 Å². The molecule has 0 atom stereocenters. The van der Waals surface area contributed by atoms with Gasteiger partial charge in [-0.3, -0.25) is 0 Å². The highest BCUT2D eigenvalue weighted by atomic mass is 14.9. The van der Waals surface area contributed by atoms with Crippen molar-refractivity contribution >= 4 is 5.69 Å². The Bertz CT molecular complexity index is 604. The molecule has 2 aromatic carbocycles. The molecule has 2 aromatic rings. The molecule has 2 nitrogen and oxygen atoms in total. The number of hydrogen-bond acceptors (Lipinski definition) is 2. The van der Waals surface area contributed by atoms with Gasteiger partial charge in [0.15, 0.2) is 0 Å². The first-order valence-electron chi connectivity index (χ1n) is 6.68. The third-order valence-electron chi connectivity index (χ3n) is 3.57. The van der Waals surface area contributed by atoms with Gasteiger partial charge in [-0.15, -0.1) is 0 Å². The van der Waals surface area contributed by atoms with Crippen LogP contribution in [0.2, 0.25) is 0 Å². The molecule has 0 bridgehead atoms. The van der Waals surface area contributed by atoms with Crippen molar-refractivity contribution in [2.24, 2.45) is 0 Å². The summed E-state index contributed by atoms with van der Waals surface area (Å²) in [4.78, 5) is 0. The van der Waals surface area contributed by atoms with Crippen LogP contribution in [0.5, 0.6) is 0 Å². The van der Waals surface area contributed by atoms with Crippen molar-refractivity contribution in [3.8, 4) is 6.07 Å². The Morgan fingerprint density at radius 1 is 1.05 bits per heavy atom. The van der Waals surface area contributed by atoms with Gasteiger partial charge in [-0.25, -0.2) is 0 Å². The van der Waals surface area contributed by atoms with Crippen LogP contribution in [0.4, 0.5) is 5.69 Å². The fraction of sp³-hybridized carbons (Fsp3) is 0.235. The van der Waals surface area contributed by atoms with Gasteiger partial charge in [0.2, 0.25) is 0 Å². The Morgan fingerprint density at radius 3 is 2.47 bits per heavy atom. The second-order valence-electron chi connectivity index (χ2n) is 5.02. The minimum absolute atomic E-state index is 0.698. The molecule has 0 heterocycles.